The first kappa shape index (κ1) is 27.1. The van der Waals surface area contributed by atoms with Gasteiger partial charge in [-0.3, -0.25) is 4.79 Å². The molecule has 0 radical (unpaired) electrons. The number of aromatic amines is 1. The highest BCUT2D eigenvalue weighted by Crippen LogP contribution is 2.03. The number of H-pyrrole nitrogens is 1. The Bertz CT molecular complexity index is 734. The van der Waals surface area contributed by atoms with Crippen LogP contribution >= 0.6 is 0 Å². The molecule has 1 rings (SSSR count). The van der Waals surface area contributed by atoms with E-state index in [4.69, 9.17) is 0 Å². The van der Waals surface area contributed by atoms with Crippen LogP contribution in [0.1, 0.15) is 76.8 Å². The molecule has 0 saturated carbocycles. The van der Waals surface area contributed by atoms with E-state index in [-0.39, 0.29) is 12.3 Å². The van der Waals surface area contributed by atoms with Crippen LogP contribution in [0.4, 0.5) is 0 Å². The van der Waals surface area contributed by atoms with Gasteiger partial charge in [-0.1, -0.05) is 68.4 Å². The van der Waals surface area contributed by atoms with Crippen LogP contribution in [0.5, 0.6) is 0 Å². The fourth-order valence-electron chi connectivity index (χ4n) is 3.02. The number of imidazole rings is 1. The van der Waals surface area contributed by atoms with Crippen LogP contribution in [0.3, 0.4) is 0 Å². The van der Waals surface area contributed by atoms with Crippen LogP contribution in [-0.2, 0) is 16.0 Å². The molecule has 0 bridgehead atoms. The largest absolute Gasteiger partial charge is 0.480 e. The molecule has 1 amide bonds. The molecule has 0 aromatic carbocycles. The second-order valence-electron chi connectivity index (χ2n) is 7.72. The molecule has 0 aliphatic carbocycles. The van der Waals surface area contributed by atoms with Gasteiger partial charge in [0.15, 0.2) is 0 Å². The predicted molar refractivity (Wildman–Crippen MR) is 130 cm³/mol. The van der Waals surface area contributed by atoms with Gasteiger partial charge in [-0.05, 0) is 44.9 Å². The molecular formula is C26H39N3O3. The number of allylic oxidation sites excluding steroid dienone is 8. The highest BCUT2D eigenvalue weighted by molar-refractivity contribution is 5.83. The molecule has 0 saturated heterocycles. The number of carboxylic acid groups (broad SMARTS) is 1. The van der Waals surface area contributed by atoms with E-state index in [1.54, 1.807) is 6.20 Å². The Morgan fingerprint density at radius 2 is 1.56 bits per heavy atom. The van der Waals surface area contributed by atoms with Crippen LogP contribution in [0.25, 0.3) is 0 Å². The number of hydrogen-bond donors (Lipinski definition) is 3. The van der Waals surface area contributed by atoms with E-state index in [0.29, 0.717) is 18.5 Å². The first-order chi connectivity index (χ1) is 15.6. The van der Waals surface area contributed by atoms with Crippen molar-refractivity contribution in [1.29, 1.82) is 0 Å². The minimum absolute atomic E-state index is 0.193. The van der Waals surface area contributed by atoms with Gasteiger partial charge in [0, 0.05) is 24.7 Å². The van der Waals surface area contributed by atoms with Crippen molar-refractivity contribution in [2.45, 2.75) is 83.6 Å². The second-order valence-corrected chi connectivity index (χ2v) is 7.72. The number of aromatic nitrogens is 2. The van der Waals surface area contributed by atoms with Gasteiger partial charge in [-0.15, -0.1) is 0 Å². The topological polar surface area (TPSA) is 95.1 Å². The molecule has 0 aliphatic heterocycles. The van der Waals surface area contributed by atoms with Crippen molar-refractivity contribution in [1.82, 2.24) is 15.3 Å². The fraction of sp³-hybridized carbons (Fsp3) is 0.500. The van der Waals surface area contributed by atoms with Gasteiger partial charge >= 0.3 is 5.97 Å². The van der Waals surface area contributed by atoms with Crippen molar-refractivity contribution < 1.29 is 14.7 Å². The van der Waals surface area contributed by atoms with Crippen molar-refractivity contribution in [3.8, 4) is 0 Å². The molecule has 3 N–H and O–H groups in total. The zero-order valence-corrected chi connectivity index (χ0v) is 19.3. The molecule has 1 aromatic rings. The number of unbranched alkanes of at least 4 members (excludes halogenated alkanes) is 4. The summed E-state index contributed by atoms with van der Waals surface area (Å²) in [6, 6.07) is -0.945. The average molecular weight is 442 g/mol. The van der Waals surface area contributed by atoms with E-state index < -0.39 is 12.0 Å². The molecule has 1 atom stereocenters. The Morgan fingerprint density at radius 1 is 0.969 bits per heavy atom. The molecule has 32 heavy (non-hydrogen) atoms. The summed E-state index contributed by atoms with van der Waals surface area (Å²) in [4.78, 5) is 30.0. The van der Waals surface area contributed by atoms with Gasteiger partial charge in [0.05, 0.1) is 6.33 Å². The maximum atomic E-state index is 12.0. The lowest BCUT2D eigenvalue weighted by Gasteiger charge is -2.13. The molecular weight excluding hydrogens is 402 g/mol. The molecule has 0 spiro atoms. The van der Waals surface area contributed by atoms with Crippen LogP contribution in [-0.4, -0.2) is 33.0 Å². The molecule has 1 aromatic heterocycles. The maximum Gasteiger partial charge on any atom is 0.326 e. The summed E-state index contributed by atoms with van der Waals surface area (Å²) in [6.45, 7) is 2.22. The minimum atomic E-state index is -1.05. The number of aliphatic carboxylic acids is 1. The quantitative estimate of drug-likeness (QED) is 0.202. The van der Waals surface area contributed by atoms with E-state index in [9.17, 15) is 14.7 Å². The fourth-order valence-corrected chi connectivity index (χ4v) is 3.02. The number of amides is 1. The highest BCUT2D eigenvalue weighted by atomic mass is 16.4. The standard InChI is InChI=1S/C26H39N3O3/c1-2-3-4-5-6-7-8-9-10-11-12-13-14-15-16-17-18-19-25(30)29-24(26(31)32)20-23-21-27-22-28-23/h6-7,9-10,12-13,15-16,21-22,24H,2-5,8,11,14,17-20H2,1H3,(H,27,28)(H,29,30)(H,31,32)/b7-6+,10-9+,13-12+,16-15+. The first-order valence-corrected chi connectivity index (χ1v) is 11.7. The highest BCUT2D eigenvalue weighted by Gasteiger charge is 2.20. The number of carbonyl (C=O) groups excluding carboxylic acids is 1. The molecule has 1 heterocycles. The lowest BCUT2D eigenvalue weighted by Crippen LogP contribution is -2.42. The molecule has 0 fully saturated rings. The van der Waals surface area contributed by atoms with E-state index >= 15 is 0 Å². The number of carboxylic acids is 1. The van der Waals surface area contributed by atoms with E-state index in [1.165, 1.54) is 32.0 Å². The van der Waals surface area contributed by atoms with Gasteiger partial charge in [-0.25, -0.2) is 9.78 Å². The van der Waals surface area contributed by atoms with Crippen molar-refractivity contribution in [3.63, 3.8) is 0 Å². The second kappa shape index (κ2) is 18.8. The van der Waals surface area contributed by atoms with Gasteiger partial charge in [0.1, 0.15) is 6.04 Å². The summed E-state index contributed by atoms with van der Waals surface area (Å²) in [5, 5.41) is 11.8. The average Bonchev–Trinajstić information content (AvgIpc) is 3.28. The Morgan fingerprint density at radius 3 is 2.09 bits per heavy atom. The lowest BCUT2D eigenvalue weighted by atomic mass is 10.1. The van der Waals surface area contributed by atoms with Crippen molar-refractivity contribution in [2.24, 2.45) is 0 Å². The van der Waals surface area contributed by atoms with Gasteiger partial charge in [0.2, 0.25) is 5.91 Å². The summed E-state index contributed by atoms with van der Waals surface area (Å²) in [7, 11) is 0. The number of carbonyl (C=O) groups is 2. The molecule has 1 unspecified atom stereocenters. The zero-order valence-electron chi connectivity index (χ0n) is 19.3. The third-order valence-corrected chi connectivity index (χ3v) is 4.84. The number of nitrogens with one attached hydrogen (secondary N) is 2. The Kier molecular flexibility index (Phi) is 16.0. The maximum absolute atomic E-state index is 12.0. The number of rotatable bonds is 18. The van der Waals surface area contributed by atoms with Gasteiger partial charge in [-0.2, -0.15) is 0 Å². The molecule has 0 aliphatic rings. The van der Waals surface area contributed by atoms with Crippen LogP contribution in [0, 0.1) is 0 Å². The third-order valence-electron chi connectivity index (χ3n) is 4.84. The van der Waals surface area contributed by atoms with Crippen LogP contribution < -0.4 is 5.32 Å². The SMILES string of the molecule is CCCCC/C=C/C/C=C/C/C=C/C/C=C/CCCC(=O)NC(Cc1cnc[nH]1)C(=O)O. The van der Waals surface area contributed by atoms with E-state index in [2.05, 4.69) is 70.8 Å². The number of hydrogen-bond acceptors (Lipinski definition) is 3. The zero-order chi connectivity index (χ0) is 23.3. The lowest BCUT2D eigenvalue weighted by molar-refractivity contribution is -0.141. The molecule has 6 nitrogen and oxygen atoms in total. The van der Waals surface area contributed by atoms with Crippen molar-refractivity contribution >= 4 is 11.9 Å². The van der Waals surface area contributed by atoms with Crippen LogP contribution in [0.15, 0.2) is 61.1 Å². The van der Waals surface area contributed by atoms with Crippen molar-refractivity contribution in [2.75, 3.05) is 0 Å². The Hall–Kier alpha value is -2.89. The first-order valence-electron chi connectivity index (χ1n) is 11.7. The third kappa shape index (κ3) is 15.0. The summed E-state index contributed by atoms with van der Waals surface area (Å²) < 4.78 is 0. The van der Waals surface area contributed by atoms with Crippen LogP contribution in [0.2, 0.25) is 0 Å². The van der Waals surface area contributed by atoms with Gasteiger partial charge < -0.3 is 15.4 Å². The monoisotopic (exact) mass is 441 g/mol. The summed E-state index contributed by atoms with van der Waals surface area (Å²) in [5.41, 5.74) is 0.679. The Balaban J connectivity index is 2.06. The smallest absolute Gasteiger partial charge is 0.326 e. The van der Waals surface area contributed by atoms with Crippen molar-refractivity contribution in [3.05, 3.63) is 66.8 Å². The Labute approximate surface area is 192 Å². The normalized spacial score (nSPS) is 13.0. The van der Waals surface area contributed by atoms with E-state index in [0.717, 1.165) is 25.7 Å². The predicted octanol–water partition coefficient (Wildman–Crippen LogP) is 5.67. The molecule has 6 heteroatoms. The van der Waals surface area contributed by atoms with Gasteiger partial charge in [0.25, 0.3) is 0 Å². The summed E-state index contributed by atoms with van der Waals surface area (Å²) in [5.74, 6) is -1.29. The summed E-state index contributed by atoms with van der Waals surface area (Å²) >= 11 is 0. The molecule has 176 valence electrons. The summed E-state index contributed by atoms with van der Waals surface area (Å²) in [6.07, 6.45) is 30.3. The van der Waals surface area contributed by atoms with E-state index in [1.807, 2.05) is 0 Å². The minimum Gasteiger partial charge on any atom is -0.480 e. The number of nitrogens with zero attached hydrogens (tertiary/aromatic N) is 1.